The second-order valence-electron chi connectivity index (χ2n) is 3.78. The van der Waals surface area contributed by atoms with Crippen molar-refractivity contribution >= 4 is 27.5 Å². The lowest BCUT2D eigenvalue weighted by atomic mass is 10.2. The van der Waals surface area contributed by atoms with Crippen LogP contribution in [-0.2, 0) is 0 Å². The van der Waals surface area contributed by atoms with Crippen molar-refractivity contribution in [2.24, 2.45) is 0 Å². The van der Waals surface area contributed by atoms with Gasteiger partial charge in [0.05, 0.1) is 28.8 Å². The van der Waals surface area contributed by atoms with Crippen molar-refractivity contribution in [1.29, 1.82) is 0 Å². The summed E-state index contributed by atoms with van der Waals surface area (Å²) in [7, 11) is 1.63. The normalized spacial score (nSPS) is 12.4. The highest BCUT2D eigenvalue weighted by atomic mass is 79.9. The van der Waals surface area contributed by atoms with E-state index in [9.17, 15) is 0 Å². The number of methoxy groups -OCH3 is 1. The average Bonchev–Trinajstić information content (AvgIpc) is 2.88. The van der Waals surface area contributed by atoms with Gasteiger partial charge in [0.25, 0.3) is 0 Å². The number of benzene rings is 1. The number of rotatable bonds is 4. The summed E-state index contributed by atoms with van der Waals surface area (Å²) in [6.45, 7) is 2.01. The van der Waals surface area contributed by atoms with Gasteiger partial charge in [-0.1, -0.05) is 12.1 Å². The van der Waals surface area contributed by atoms with Crippen molar-refractivity contribution in [3.05, 3.63) is 34.6 Å². The number of aromatic nitrogens is 3. The van der Waals surface area contributed by atoms with Crippen molar-refractivity contribution < 1.29 is 4.74 Å². The molecule has 96 valence electrons. The van der Waals surface area contributed by atoms with E-state index in [1.54, 1.807) is 11.8 Å². The second kappa shape index (κ2) is 5.71. The molecule has 1 aromatic carbocycles. The molecule has 1 heterocycles. The average molecular weight is 331 g/mol. The minimum atomic E-state index is -0.101. The van der Waals surface area contributed by atoms with Gasteiger partial charge in [0, 0.05) is 6.07 Å². The second-order valence-corrected chi connectivity index (χ2v) is 5.16. The molecule has 0 amide bonds. The molecule has 1 unspecified atom stereocenters. The molecule has 1 atom stereocenters. The van der Waals surface area contributed by atoms with E-state index in [2.05, 4.69) is 26.2 Å². The maximum Gasteiger partial charge on any atom is 0.135 e. The number of hydrogen-bond acceptors (Lipinski definition) is 3. The Bertz CT molecular complexity index is 544. The van der Waals surface area contributed by atoms with Crippen LogP contribution in [0.4, 0.5) is 0 Å². The first kappa shape index (κ1) is 13.4. The summed E-state index contributed by atoms with van der Waals surface area (Å²) >= 11 is 9.54. The predicted octanol–water partition coefficient (Wildman–Crippen LogP) is 3.73. The lowest BCUT2D eigenvalue weighted by Crippen LogP contribution is -1.96. The fourth-order valence-electron chi connectivity index (χ4n) is 1.55. The van der Waals surface area contributed by atoms with Gasteiger partial charge in [0.1, 0.15) is 11.4 Å². The first-order valence-corrected chi connectivity index (χ1v) is 6.79. The van der Waals surface area contributed by atoms with Crippen LogP contribution in [0, 0.1) is 0 Å². The molecule has 2 aromatic rings. The van der Waals surface area contributed by atoms with E-state index in [0.717, 1.165) is 28.0 Å². The summed E-state index contributed by atoms with van der Waals surface area (Å²) in [5.41, 5.74) is 1.66. The van der Waals surface area contributed by atoms with Gasteiger partial charge in [-0.3, -0.25) is 0 Å². The van der Waals surface area contributed by atoms with E-state index in [1.165, 1.54) is 0 Å². The van der Waals surface area contributed by atoms with Crippen LogP contribution < -0.4 is 4.74 Å². The number of ether oxygens (including phenoxy) is 1. The highest BCUT2D eigenvalue weighted by molar-refractivity contribution is 9.10. The Labute approximate surface area is 119 Å². The Balaban J connectivity index is 2.34. The van der Waals surface area contributed by atoms with E-state index >= 15 is 0 Å². The molecule has 18 heavy (non-hydrogen) atoms. The Kier molecular flexibility index (Phi) is 4.24. The largest absolute Gasteiger partial charge is 0.495 e. The zero-order chi connectivity index (χ0) is 13.1. The molecule has 0 bridgehead atoms. The molecule has 0 aliphatic rings. The van der Waals surface area contributed by atoms with E-state index in [4.69, 9.17) is 16.3 Å². The molecule has 2 rings (SSSR count). The van der Waals surface area contributed by atoms with E-state index in [0.29, 0.717) is 0 Å². The van der Waals surface area contributed by atoms with Crippen LogP contribution in [0.15, 0.2) is 28.9 Å². The van der Waals surface area contributed by atoms with Gasteiger partial charge in [-0.2, -0.15) is 0 Å². The maximum atomic E-state index is 6.13. The molecule has 0 saturated carbocycles. The predicted molar refractivity (Wildman–Crippen MR) is 74.5 cm³/mol. The third kappa shape index (κ3) is 2.67. The molecule has 4 nitrogen and oxygen atoms in total. The van der Waals surface area contributed by atoms with Crippen LogP contribution in [0.5, 0.6) is 5.75 Å². The number of nitrogens with zero attached hydrogens (tertiary/aromatic N) is 3. The SMILES string of the molecule is CCC(Cl)c1cn(-c2ccc(Br)c(OC)c2)nn1. The minimum absolute atomic E-state index is 0.101. The quantitative estimate of drug-likeness (QED) is 0.802. The smallest absolute Gasteiger partial charge is 0.135 e. The van der Waals surface area contributed by atoms with Gasteiger partial charge in [-0.15, -0.1) is 16.7 Å². The summed E-state index contributed by atoms with van der Waals surface area (Å²) < 4.78 is 7.84. The van der Waals surface area contributed by atoms with Gasteiger partial charge in [-0.05, 0) is 34.5 Å². The Morgan fingerprint density at radius 3 is 2.94 bits per heavy atom. The van der Waals surface area contributed by atoms with Crippen LogP contribution in [0.1, 0.15) is 24.4 Å². The third-order valence-electron chi connectivity index (χ3n) is 2.59. The standard InChI is InChI=1S/C12H13BrClN3O/c1-3-10(14)11-7-17(16-15-11)8-4-5-9(13)12(6-8)18-2/h4-7,10H,3H2,1-2H3. The topological polar surface area (TPSA) is 39.9 Å². The van der Waals surface area contributed by atoms with Crippen molar-refractivity contribution in [3.63, 3.8) is 0 Å². The van der Waals surface area contributed by atoms with Crippen LogP contribution in [-0.4, -0.2) is 22.1 Å². The summed E-state index contributed by atoms with van der Waals surface area (Å²) in [5.74, 6) is 0.752. The molecule has 0 N–H and O–H groups in total. The lowest BCUT2D eigenvalue weighted by Gasteiger charge is -2.06. The fourth-order valence-corrected chi connectivity index (χ4v) is 2.06. The van der Waals surface area contributed by atoms with Crippen molar-refractivity contribution in [1.82, 2.24) is 15.0 Å². The van der Waals surface area contributed by atoms with Crippen LogP contribution >= 0.6 is 27.5 Å². The molecule has 0 saturated heterocycles. The first-order valence-electron chi connectivity index (χ1n) is 5.56. The van der Waals surface area contributed by atoms with E-state index in [-0.39, 0.29) is 5.38 Å². The van der Waals surface area contributed by atoms with E-state index < -0.39 is 0 Å². The minimum Gasteiger partial charge on any atom is -0.495 e. The monoisotopic (exact) mass is 329 g/mol. The van der Waals surface area contributed by atoms with Gasteiger partial charge in [0.15, 0.2) is 0 Å². The highest BCUT2D eigenvalue weighted by Crippen LogP contribution is 2.28. The number of hydrogen-bond donors (Lipinski definition) is 0. The zero-order valence-corrected chi connectivity index (χ0v) is 12.4. The van der Waals surface area contributed by atoms with Crippen LogP contribution in [0.3, 0.4) is 0 Å². The van der Waals surface area contributed by atoms with Crippen LogP contribution in [0.2, 0.25) is 0 Å². The molecule has 0 radical (unpaired) electrons. The lowest BCUT2D eigenvalue weighted by molar-refractivity contribution is 0.412. The third-order valence-corrected chi connectivity index (χ3v) is 3.78. The van der Waals surface area contributed by atoms with E-state index in [1.807, 2.05) is 31.3 Å². The van der Waals surface area contributed by atoms with Crippen molar-refractivity contribution in [3.8, 4) is 11.4 Å². The molecule has 0 fully saturated rings. The van der Waals surface area contributed by atoms with Crippen molar-refractivity contribution in [2.75, 3.05) is 7.11 Å². The Morgan fingerprint density at radius 1 is 1.50 bits per heavy atom. The highest BCUT2D eigenvalue weighted by Gasteiger charge is 2.11. The molecule has 6 heteroatoms. The molecular formula is C12H13BrClN3O. The number of halogens is 2. The molecule has 0 aliphatic heterocycles. The number of alkyl halides is 1. The molecule has 1 aromatic heterocycles. The van der Waals surface area contributed by atoms with Gasteiger partial charge >= 0.3 is 0 Å². The zero-order valence-electron chi connectivity index (χ0n) is 10.1. The Morgan fingerprint density at radius 2 is 2.28 bits per heavy atom. The molecule has 0 spiro atoms. The summed E-state index contributed by atoms with van der Waals surface area (Å²) in [6, 6.07) is 5.73. The summed E-state index contributed by atoms with van der Waals surface area (Å²) in [4.78, 5) is 0. The molecular weight excluding hydrogens is 318 g/mol. The maximum absolute atomic E-state index is 6.13. The summed E-state index contributed by atoms with van der Waals surface area (Å²) in [5, 5.41) is 8.04. The fraction of sp³-hybridized carbons (Fsp3) is 0.333. The molecule has 0 aliphatic carbocycles. The van der Waals surface area contributed by atoms with Crippen molar-refractivity contribution in [2.45, 2.75) is 18.7 Å². The van der Waals surface area contributed by atoms with Crippen LogP contribution in [0.25, 0.3) is 5.69 Å². The Hall–Kier alpha value is -1.07. The van der Waals surface area contributed by atoms with Gasteiger partial charge in [0.2, 0.25) is 0 Å². The summed E-state index contributed by atoms with van der Waals surface area (Å²) in [6.07, 6.45) is 2.66. The van der Waals surface area contributed by atoms with Gasteiger partial charge in [-0.25, -0.2) is 4.68 Å². The first-order chi connectivity index (χ1) is 8.65. The van der Waals surface area contributed by atoms with Gasteiger partial charge < -0.3 is 4.74 Å².